The Bertz CT molecular complexity index is 561. The second-order valence-corrected chi connectivity index (χ2v) is 6.73. The fourth-order valence-corrected chi connectivity index (χ4v) is 2.92. The van der Waals surface area contributed by atoms with E-state index in [0.29, 0.717) is 12.6 Å². The van der Waals surface area contributed by atoms with Crippen molar-refractivity contribution in [3.8, 4) is 0 Å². The summed E-state index contributed by atoms with van der Waals surface area (Å²) >= 11 is 0. The van der Waals surface area contributed by atoms with Gasteiger partial charge in [-0.3, -0.25) is 0 Å². The van der Waals surface area contributed by atoms with Crippen molar-refractivity contribution in [3.63, 3.8) is 0 Å². The highest BCUT2D eigenvalue weighted by atomic mass is 32.2. The molecule has 0 aromatic heterocycles. The first-order valence-corrected chi connectivity index (χ1v) is 8.44. The number of ether oxygens (including phenoxy) is 1. The van der Waals surface area contributed by atoms with Gasteiger partial charge in [0.15, 0.2) is 0 Å². The molecule has 0 saturated carbocycles. The van der Waals surface area contributed by atoms with Gasteiger partial charge >= 0.3 is 0 Å². The maximum atomic E-state index is 11.8. The molecule has 0 heterocycles. The van der Waals surface area contributed by atoms with Crippen LogP contribution in [0.3, 0.4) is 0 Å². The SMILES string of the molecule is CCC(C)N(CCOC)c1ccc(S(=O)(=O)NC)c(N)c1. The molecular formula is C14H25N3O3S. The van der Waals surface area contributed by atoms with Crippen molar-refractivity contribution < 1.29 is 13.2 Å². The zero-order chi connectivity index (χ0) is 16.0. The first kappa shape index (κ1) is 17.7. The Morgan fingerprint density at radius 2 is 2.10 bits per heavy atom. The zero-order valence-corrected chi connectivity index (χ0v) is 13.9. The molecule has 0 bridgehead atoms. The number of hydrogen-bond donors (Lipinski definition) is 2. The first-order chi connectivity index (χ1) is 9.87. The predicted octanol–water partition coefficient (Wildman–Crippen LogP) is 1.43. The van der Waals surface area contributed by atoms with Crippen molar-refractivity contribution in [2.45, 2.75) is 31.2 Å². The molecule has 1 atom stereocenters. The van der Waals surface area contributed by atoms with Gasteiger partial charge in [-0.05, 0) is 38.6 Å². The highest BCUT2D eigenvalue weighted by molar-refractivity contribution is 7.89. The monoisotopic (exact) mass is 315 g/mol. The number of rotatable bonds is 8. The van der Waals surface area contributed by atoms with Gasteiger partial charge in [0, 0.05) is 25.4 Å². The summed E-state index contributed by atoms with van der Waals surface area (Å²) in [5, 5.41) is 0. The van der Waals surface area contributed by atoms with E-state index in [-0.39, 0.29) is 10.6 Å². The molecule has 21 heavy (non-hydrogen) atoms. The molecule has 0 amide bonds. The van der Waals surface area contributed by atoms with E-state index >= 15 is 0 Å². The summed E-state index contributed by atoms with van der Waals surface area (Å²) in [6, 6.07) is 5.33. The van der Waals surface area contributed by atoms with Gasteiger partial charge in [-0.25, -0.2) is 13.1 Å². The minimum Gasteiger partial charge on any atom is -0.398 e. The van der Waals surface area contributed by atoms with Gasteiger partial charge in [0.2, 0.25) is 10.0 Å². The third kappa shape index (κ3) is 4.33. The van der Waals surface area contributed by atoms with Crippen molar-refractivity contribution in [1.82, 2.24) is 4.72 Å². The molecule has 0 radical (unpaired) electrons. The molecule has 0 saturated heterocycles. The van der Waals surface area contributed by atoms with Crippen LogP contribution in [0, 0.1) is 0 Å². The first-order valence-electron chi connectivity index (χ1n) is 6.96. The van der Waals surface area contributed by atoms with Crippen LogP contribution in [0.1, 0.15) is 20.3 Å². The van der Waals surface area contributed by atoms with Crippen LogP contribution in [-0.4, -0.2) is 41.8 Å². The molecule has 1 unspecified atom stereocenters. The molecule has 1 aromatic carbocycles. The highest BCUT2D eigenvalue weighted by Gasteiger charge is 2.18. The molecule has 3 N–H and O–H groups in total. The Morgan fingerprint density at radius 1 is 1.43 bits per heavy atom. The average molecular weight is 315 g/mol. The third-order valence-corrected chi connectivity index (χ3v) is 5.03. The Morgan fingerprint density at radius 3 is 2.57 bits per heavy atom. The number of nitrogens with zero attached hydrogens (tertiary/aromatic N) is 1. The molecule has 0 fully saturated rings. The molecule has 0 aliphatic heterocycles. The van der Waals surface area contributed by atoms with Crippen molar-refractivity contribution in [3.05, 3.63) is 18.2 Å². The number of methoxy groups -OCH3 is 1. The number of anilines is 2. The number of sulfonamides is 1. The molecule has 1 aromatic rings. The topological polar surface area (TPSA) is 84.7 Å². The Hall–Kier alpha value is -1.31. The van der Waals surface area contributed by atoms with Gasteiger partial charge < -0.3 is 15.4 Å². The van der Waals surface area contributed by atoms with Crippen molar-refractivity contribution in [2.24, 2.45) is 0 Å². The van der Waals surface area contributed by atoms with Crippen LogP contribution in [0.4, 0.5) is 11.4 Å². The lowest BCUT2D eigenvalue weighted by atomic mass is 10.1. The van der Waals surface area contributed by atoms with E-state index in [1.807, 2.05) is 0 Å². The van der Waals surface area contributed by atoms with Gasteiger partial charge in [-0.1, -0.05) is 6.92 Å². The fourth-order valence-electron chi connectivity index (χ4n) is 2.08. The average Bonchev–Trinajstić information content (AvgIpc) is 2.47. The lowest BCUT2D eigenvalue weighted by Crippen LogP contribution is -2.35. The summed E-state index contributed by atoms with van der Waals surface area (Å²) in [5.41, 5.74) is 7.05. The van der Waals surface area contributed by atoms with Crippen molar-refractivity contribution in [2.75, 3.05) is 37.9 Å². The van der Waals surface area contributed by atoms with Gasteiger partial charge in [-0.15, -0.1) is 0 Å². The van der Waals surface area contributed by atoms with E-state index in [1.165, 1.54) is 7.05 Å². The van der Waals surface area contributed by atoms with Crippen LogP contribution in [0.15, 0.2) is 23.1 Å². The molecule has 0 aliphatic carbocycles. The van der Waals surface area contributed by atoms with Crippen LogP contribution in [0.2, 0.25) is 0 Å². The largest absolute Gasteiger partial charge is 0.398 e. The molecule has 1 rings (SSSR count). The Balaban J connectivity index is 3.15. The summed E-state index contributed by atoms with van der Waals surface area (Å²) < 4.78 is 31.1. The van der Waals surface area contributed by atoms with Crippen LogP contribution in [0.25, 0.3) is 0 Å². The highest BCUT2D eigenvalue weighted by Crippen LogP contribution is 2.26. The van der Waals surface area contributed by atoms with E-state index in [9.17, 15) is 8.42 Å². The maximum absolute atomic E-state index is 11.8. The minimum atomic E-state index is -3.53. The molecule has 0 aliphatic rings. The molecule has 7 heteroatoms. The number of hydrogen-bond acceptors (Lipinski definition) is 5. The Kier molecular flexibility index (Phi) is 6.44. The predicted molar refractivity (Wildman–Crippen MR) is 86.1 cm³/mol. The number of nitrogens with one attached hydrogen (secondary N) is 1. The minimum absolute atomic E-state index is 0.101. The second kappa shape index (κ2) is 7.63. The van der Waals surface area contributed by atoms with E-state index in [4.69, 9.17) is 10.5 Å². The summed E-state index contributed by atoms with van der Waals surface area (Å²) in [4.78, 5) is 2.26. The second-order valence-electron chi connectivity index (χ2n) is 4.87. The normalized spacial score (nSPS) is 13.1. The summed E-state index contributed by atoms with van der Waals surface area (Å²) in [6.45, 7) is 5.54. The smallest absolute Gasteiger partial charge is 0.242 e. The maximum Gasteiger partial charge on any atom is 0.242 e. The van der Waals surface area contributed by atoms with Crippen LogP contribution < -0.4 is 15.4 Å². The van der Waals surface area contributed by atoms with Gasteiger partial charge in [0.05, 0.1) is 12.3 Å². The Labute approximate surface area is 127 Å². The lowest BCUT2D eigenvalue weighted by molar-refractivity contribution is 0.203. The van der Waals surface area contributed by atoms with E-state index in [2.05, 4.69) is 23.5 Å². The van der Waals surface area contributed by atoms with Gasteiger partial charge in [0.25, 0.3) is 0 Å². The van der Waals surface area contributed by atoms with Gasteiger partial charge in [-0.2, -0.15) is 0 Å². The summed E-state index contributed by atoms with van der Waals surface area (Å²) in [5.74, 6) is 0. The van der Waals surface area contributed by atoms with Crippen LogP contribution in [-0.2, 0) is 14.8 Å². The number of nitrogens with two attached hydrogens (primary N) is 1. The quantitative estimate of drug-likeness (QED) is 0.709. The van der Waals surface area contributed by atoms with E-state index in [0.717, 1.165) is 18.7 Å². The third-order valence-electron chi connectivity index (χ3n) is 3.54. The number of nitrogen functional groups attached to an aromatic ring is 1. The standard InChI is InChI=1S/C14H25N3O3S/c1-5-11(2)17(8-9-20-4)12-6-7-14(13(15)10-12)21(18,19)16-3/h6-7,10-11,16H,5,8-9,15H2,1-4H3. The molecular weight excluding hydrogens is 290 g/mol. The van der Waals surface area contributed by atoms with Crippen LogP contribution in [0.5, 0.6) is 0 Å². The summed E-state index contributed by atoms with van der Waals surface area (Å²) in [6.07, 6.45) is 0.972. The van der Waals surface area contributed by atoms with Crippen molar-refractivity contribution in [1.29, 1.82) is 0 Å². The zero-order valence-electron chi connectivity index (χ0n) is 13.1. The van der Waals surface area contributed by atoms with E-state index < -0.39 is 10.0 Å². The fraction of sp³-hybridized carbons (Fsp3) is 0.571. The van der Waals surface area contributed by atoms with Crippen molar-refractivity contribution >= 4 is 21.4 Å². The summed E-state index contributed by atoms with van der Waals surface area (Å²) in [7, 11) is -0.506. The van der Waals surface area contributed by atoms with Crippen LogP contribution >= 0.6 is 0 Å². The van der Waals surface area contributed by atoms with E-state index in [1.54, 1.807) is 25.3 Å². The molecule has 6 nitrogen and oxygen atoms in total. The molecule has 120 valence electrons. The van der Waals surface area contributed by atoms with Gasteiger partial charge in [0.1, 0.15) is 4.90 Å². The number of benzene rings is 1. The lowest BCUT2D eigenvalue weighted by Gasteiger charge is -2.31. The molecule has 0 spiro atoms.